The predicted molar refractivity (Wildman–Crippen MR) is 79.3 cm³/mol. The van der Waals surface area contributed by atoms with Gasteiger partial charge >= 0.3 is 5.69 Å². The maximum atomic E-state index is 11.8. The summed E-state index contributed by atoms with van der Waals surface area (Å²) < 4.78 is 5.44. The molecule has 1 amide bonds. The van der Waals surface area contributed by atoms with E-state index in [1.54, 1.807) is 27.1 Å². The number of nitro benzene ring substituents is 1. The molecule has 0 bridgehead atoms. The number of amides is 1. The molecule has 1 N–H and O–H groups in total. The van der Waals surface area contributed by atoms with Crippen LogP contribution in [0.15, 0.2) is 18.2 Å². The van der Waals surface area contributed by atoms with Crippen molar-refractivity contribution in [3.05, 3.63) is 33.9 Å². The van der Waals surface area contributed by atoms with Crippen molar-refractivity contribution < 1.29 is 14.5 Å². The van der Waals surface area contributed by atoms with E-state index in [9.17, 15) is 14.9 Å². The molecule has 0 aliphatic carbocycles. The van der Waals surface area contributed by atoms with E-state index in [-0.39, 0.29) is 17.3 Å². The van der Waals surface area contributed by atoms with Crippen LogP contribution in [-0.4, -0.2) is 42.5 Å². The van der Waals surface area contributed by atoms with E-state index >= 15 is 0 Å². The molecule has 1 aromatic carbocycles. The monoisotopic (exact) mass is 295 g/mol. The fourth-order valence-corrected chi connectivity index (χ4v) is 1.79. The second kappa shape index (κ2) is 7.58. The van der Waals surface area contributed by atoms with Crippen LogP contribution in [-0.2, 0) is 11.3 Å². The minimum Gasteiger partial charge on any atom is -0.474 e. The summed E-state index contributed by atoms with van der Waals surface area (Å²) in [6.07, 6.45) is -0.779. The first kappa shape index (κ1) is 16.9. The number of rotatable bonds is 7. The zero-order valence-corrected chi connectivity index (χ0v) is 12.8. The molecule has 0 spiro atoms. The van der Waals surface area contributed by atoms with Crippen LogP contribution in [0.1, 0.15) is 19.4 Å². The summed E-state index contributed by atoms with van der Waals surface area (Å²) in [5.74, 6) is -0.149. The summed E-state index contributed by atoms with van der Waals surface area (Å²) in [4.78, 5) is 23.8. The molecule has 7 nitrogen and oxygen atoms in total. The van der Waals surface area contributed by atoms with Gasteiger partial charge < -0.3 is 15.0 Å². The van der Waals surface area contributed by atoms with Crippen LogP contribution in [0.3, 0.4) is 0 Å². The summed E-state index contributed by atoms with van der Waals surface area (Å²) >= 11 is 0. The molecule has 1 rings (SSSR count). The topological polar surface area (TPSA) is 84.7 Å². The number of carbonyl (C=O) groups is 1. The van der Waals surface area contributed by atoms with Gasteiger partial charge in [0.25, 0.3) is 5.91 Å². The highest BCUT2D eigenvalue weighted by Crippen LogP contribution is 2.29. The highest BCUT2D eigenvalue weighted by atomic mass is 16.6. The van der Waals surface area contributed by atoms with E-state index in [1.165, 1.54) is 17.0 Å². The normalized spacial score (nSPS) is 11.8. The molecule has 0 heterocycles. The van der Waals surface area contributed by atoms with Gasteiger partial charge in [0.2, 0.25) is 0 Å². The van der Waals surface area contributed by atoms with Gasteiger partial charge in [-0.05, 0) is 25.1 Å². The van der Waals surface area contributed by atoms with Crippen LogP contribution in [0.4, 0.5) is 5.69 Å². The Balaban J connectivity index is 2.96. The largest absolute Gasteiger partial charge is 0.474 e. The lowest BCUT2D eigenvalue weighted by atomic mass is 10.2. The van der Waals surface area contributed by atoms with Gasteiger partial charge in [-0.3, -0.25) is 14.9 Å². The molecular weight excluding hydrogens is 274 g/mol. The first-order valence-electron chi connectivity index (χ1n) is 6.72. The molecule has 1 aromatic rings. The van der Waals surface area contributed by atoms with Crippen molar-refractivity contribution in [2.75, 3.05) is 20.6 Å². The quantitative estimate of drug-likeness (QED) is 0.609. The Hall–Kier alpha value is -2.15. The lowest BCUT2D eigenvalue weighted by Gasteiger charge is -2.18. The third-order valence-electron chi connectivity index (χ3n) is 2.89. The van der Waals surface area contributed by atoms with Gasteiger partial charge in [0.1, 0.15) is 0 Å². The number of hydrogen-bond donors (Lipinski definition) is 1. The Bertz CT molecular complexity index is 517. The zero-order valence-electron chi connectivity index (χ0n) is 12.8. The molecule has 116 valence electrons. The van der Waals surface area contributed by atoms with Crippen LogP contribution in [0.25, 0.3) is 0 Å². The van der Waals surface area contributed by atoms with E-state index in [1.807, 2.05) is 6.92 Å². The van der Waals surface area contributed by atoms with Gasteiger partial charge in [-0.2, -0.15) is 0 Å². The molecule has 0 fully saturated rings. The molecule has 0 radical (unpaired) electrons. The molecule has 0 aromatic heterocycles. The fraction of sp³-hybridized carbons (Fsp3) is 0.500. The molecule has 1 atom stereocenters. The number of likely N-dealkylation sites (N-methyl/N-ethyl adjacent to an activating group) is 1. The fourth-order valence-electron chi connectivity index (χ4n) is 1.79. The van der Waals surface area contributed by atoms with Gasteiger partial charge in [-0.1, -0.05) is 13.0 Å². The number of ether oxygens (including phenoxy) is 1. The second-order valence-electron chi connectivity index (χ2n) is 4.83. The highest BCUT2D eigenvalue weighted by Gasteiger charge is 2.22. The summed E-state index contributed by atoms with van der Waals surface area (Å²) in [6, 6.07) is 4.74. The van der Waals surface area contributed by atoms with Crippen LogP contribution < -0.4 is 10.1 Å². The minimum absolute atomic E-state index is 0.1000. The van der Waals surface area contributed by atoms with Crippen LogP contribution in [0, 0.1) is 10.1 Å². The second-order valence-corrected chi connectivity index (χ2v) is 4.83. The SMILES string of the molecule is CCNCc1ccc(OC(C)C(=O)N(C)C)c([N+](=O)[O-])c1. The third-order valence-corrected chi connectivity index (χ3v) is 2.89. The van der Waals surface area contributed by atoms with Crippen LogP contribution in [0.2, 0.25) is 0 Å². The number of nitrogens with zero attached hydrogens (tertiary/aromatic N) is 2. The van der Waals surface area contributed by atoms with Gasteiger partial charge in [-0.25, -0.2) is 0 Å². The molecule has 1 unspecified atom stereocenters. The Labute approximate surface area is 124 Å². The molecule has 0 saturated carbocycles. The lowest BCUT2D eigenvalue weighted by Crippen LogP contribution is -2.35. The number of nitro groups is 1. The molecule has 21 heavy (non-hydrogen) atoms. The Morgan fingerprint density at radius 1 is 1.48 bits per heavy atom. The average molecular weight is 295 g/mol. The molecule has 0 aliphatic rings. The number of carbonyl (C=O) groups excluding carboxylic acids is 1. The maximum absolute atomic E-state index is 11.8. The highest BCUT2D eigenvalue weighted by molar-refractivity contribution is 5.80. The lowest BCUT2D eigenvalue weighted by molar-refractivity contribution is -0.386. The van der Waals surface area contributed by atoms with Crippen molar-refractivity contribution >= 4 is 11.6 Å². The van der Waals surface area contributed by atoms with Gasteiger partial charge in [0.15, 0.2) is 11.9 Å². The third kappa shape index (κ3) is 4.71. The van der Waals surface area contributed by atoms with Crippen molar-refractivity contribution in [3.63, 3.8) is 0 Å². The van der Waals surface area contributed by atoms with Crippen molar-refractivity contribution in [1.29, 1.82) is 0 Å². The molecular formula is C14H21N3O4. The van der Waals surface area contributed by atoms with Gasteiger partial charge in [-0.15, -0.1) is 0 Å². The first-order valence-corrected chi connectivity index (χ1v) is 6.72. The first-order chi connectivity index (χ1) is 9.86. The summed E-state index contributed by atoms with van der Waals surface area (Å²) in [7, 11) is 3.21. The number of hydrogen-bond acceptors (Lipinski definition) is 5. The smallest absolute Gasteiger partial charge is 0.311 e. The van der Waals surface area contributed by atoms with Crippen molar-refractivity contribution in [3.8, 4) is 5.75 Å². The van der Waals surface area contributed by atoms with E-state index in [0.29, 0.717) is 6.54 Å². The Morgan fingerprint density at radius 3 is 2.67 bits per heavy atom. The van der Waals surface area contributed by atoms with Crippen molar-refractivity contribution in [1.82, 2.24) is 10.2 Å². The zero-order chi connectivity index (χ0) is 16.0. The number of nitrogens with one attached hydrogen (secondary N) is 1. The molecule has 0 aliphatic heterocycles. The van der Waals surface area contributed by atoms with Crippen LogP contribution in [0.5, 0.6) is 5.75 Å². The van der Waals surface area contributed by atoms with Gasteiger partial charge in [0.05, 0.1) is 4.92 Å². The predicted octanol–water partition coefficient (Wildman–Crippen LogP) is 1.56. The number of benzene rings is 1. The van der Waals surface area contributed by atoms with Crippen molar-refractivity contribution in [2.45, 2.75) is 26.5 Å². The minimum atomic E-state index is -0.779. The Kier molecular flexibility index (Phi) is 6.10. The summed E-state index contributed by atoms with van der Waals surface area (Å²) in [6.45, 7) is 4.85. The van der Waals surface area contributed by atoms with E-state index in [2.05, 4.69) is 5.32 Å². The maximum Gasteiger partial charge on any atom is 0.311 e. The van der Waals surface area contributed by atoms with E-state index < -0.39 is 11.0 Å². The van der Waals surface area contributed by atoms with Crippen molar-refractivity contribution in [2.24, 2.45) is 0 Å². The Morgan fingerprint density at radius 2 is 2.14 bits per heavy atom. The standard InChI is InChI=1S/C14H21N3O4/c1-5-15-9-11-6-7-13(12(8-11)17(19)20)21-10(2)14(18)16(3)4/h6-8,10,15H,5,9H2,1-4H3. The van der Waals surface area contributed by atoms with Crippen LogP contribution >= 0.6 is 0 Å². The molecule has 0 saturated heterocycles. The van der Waals surface area contributed by atoms with Gasteiger partial charge in [0, 0.05) is 26.7 Å². The average Bonchev–Trinajstić information content (AvgIpc) is 2.44. The van der Waals surface area contributed by atoms with E-state index in [4.69, 9.17) is 4.74 Å². The summed E-state index contributed by atoms with van der Waals surface area (Å²) in [5.41, 5.74) is 0.659. The van der Waals surface area contributed by atoms with E-state index in [0.717, 1.165) is 12.1 Å². The molecule has 7 heteroatoms. The summed E-state index contributed by atoms with van der Waals surface area (Å²) in [5, 5.41) is 14.2.